The van der Waals surface area contributed by atoms with Crippen LogP contribution in [0.5, 0.6) is 11.8 Å². The van der Waals surface area contributed by atoms with Crippen LogP contribution in [-0.2, 0) is 0 Å². The minimum Gasteiger partial charge on any atom is -0.421 e. The Balaban J connectivity index is 2.32. The highest BCUT2D eigenvalue weighted by atomic mass is 79.9. The molecule has 0 atom stereocenters. The Morgan fingerprint density at radius 3 is 2.35 bits per heavy atom. The summed E-state index contributed by atoms with van der Waals surface area (Å²) in [5, 5.41) is 0. The molecule has 7 heteroatoms. The standard InChI is InChI=1S/C10H4BrF3N2O/c11-5-1-7(13)9(14)8(2-5)17-10-15-3-6(12)4-16-10/h1-4H. The average Bonchev–Trinajstić information content (AvgIpc) is 2.28. The topological polar surface area (TPSA) is 35.0 Å². The van der Waals surface area contributed by atoms with E-state index in [0.717, 1.165) is 18.5 Å². The van der Waals surface area contributed by atoms with E-state index in [1.54, 1.807) is 0 Å². The molecule has 2 rings (SSSR count). The maximum absolute atomic E-state index is 13.3. The Kier molecular flexibility index (Phi) is 3.28. The van der Waals surface area contributed by atoms with Crippen molar-refractivity contribution in [3.05, 3.63) is 46.5 Å². The largest absolute Gasteiger partial charge is 0.421 e. The van der Waals surface area contributed by atoms with Gasteiger partial charge in [-0.05, 0) is 12.1 Å². The number of aromatic nitrogens is 2. The average molecular weight is 305 g/mol. The second kappa shape index (κ2) is 4.70. The number of hydrogen-bond acceptors (Lipinski definition) is 3. The van der Waals surface area contributed by atoms with Gasteiger partial charge in [-0.15, -0.1) is 0 Å². The second-order valence-electron chi connectivity index (χ2n) is 2.99. The number of ether oxygens (including phenoxy) is 1. The molecule has 0 spiro atoms. The van der Waals surface area contributed by atoms with E-state index < -0.39 is 17.5 Å². The van der Waals surface area contributed by atoms with Crippen LogP contribution >= 0.6 is 15.9 Å². The minimum atomic E-state index is -1.17. The zero-order chi connectivity index (χ0) is 12.4. The van der Waals surface area contributed by atoms with E-state index in [2.05, 4.69) is 25.9 Å². The highest BCUT2D eigenvalue weighted by molar-refractivity contribution is 9.10. The number of halogens is 4. The Morgan fingerprint density at radius 2 is 1.71 bits per heavy atom. The third-order valence-corrected chi connectivity index (χ3v) is 2.22. The first-order valence-corrected chi connectivity index (χ1v) is 5.15. The molecule has 1 aromatic carbocycles. The summed E-state index contributed by atoms with van der Waals surface area (Å²) in [6.07, 6.45) is 1.71. The van der Waals surface area contributed by atoms with Crippen molar-refractivity contribution in [2.24, 2.45) is 0 Å². The summed E-state index contributed by atoms with van der Waals surface area (Å²) < 4.78 is 44.0. The Hall–Kier alpha value is -1.63. The third-order valence-electron chi connectivity index (χ3n) is 1.76. The lowest BCUT2D eigenvalue weighted by Gasteiger charge is -2.05. The minimum absolute atomic E-state index is 0.275. The van der Waals surface area contributed by atoms with Crippen LogP contribution in [0.25, 0.3) is 0 Å². The lowest BCUT2D eigenvalue weighted by atomic mass is 10.3. The van der Waals surface area contributed by atoms with Crippen LogP contribution in [0, 0.1) is 17.5 Å². The predicted octanol–water partition coefficient (Wildman–Crippen LogP) is 3.45. The van der Waals surface area contributed by atoms with Crippen LogP contribution in [0.2, 0.25) is 0 Å². The van der Waals surface area contributed by atoms with Gasteiger partial charge in [0, 0.05) is 4.47 Å². The van der Waals surface area contributed by atoms with Crippen molar-refractivity contribution >= 4 is 15.9 Å². The Morgan fingerprint density at radius 1 is 1.06 bits per heavy atom. The Labute approximate surface area is 102 Å². The molecule has 0 radical (unpaired) electrons. The van der Waals surface area contributed by atoms with E-state index in [1.807, 2.05) is 0 Å². The van der Waals surface area contributed by atoms with Gasteiger partial charge in [0.1, 0.15) is 0 Å². The maximum Gasteiger partial charge on any atom is 0.322 e. The molecule has 2 aromatic rings. The summed E-state index contributed by atoms with van der Waals surface area (Å²) in [5.41, 5.74) is 0. The smallest absolute Gasteiger partial charge is 0.322 e. The van der Waals surface area contributed by atoms with Gasteiger partial charge < -0.3 is 4.74 Å². The normalized spacial score (nSPS) is 10.4. The van der Waals surface area contributed by atoms with Gasteiger partial charge in [0.2, 0.25) is 5.82 Å². The van der Waals surface area contributed by atoms with Crippen molar-refractivity contribution in [3.63, 3.8) is 0 Å². The van der Waals surface area contributed by atoms with Gasteiger partial charge in [0.15, 0.2) is 17.4 Å². The van der Waals surface area contributed by atoms with Gasteiger partial charge in [-0.2, -0.15) is 4.39 Å². The summed E-state index contributed by atoms with van der Waals surface area (Å²) in [6.45, 7) is 0. The fourth-order valence-corrected chi connectivity index (χ4v) is 1.47. The van der Waals surface area contributed by atoms with Crippen LogP contribution in [0.1, 0.15) is 0 Å². The quantitative estimate of drug-likeness (QED) is 0.797. The van der Waals surface area contributed by atoms with Gasteiger partial charge in [-0.1, -0.05) is 15.9 Å². The number of rotatable bonds is 2. The summed E-state index contributed by atoms with van der Waals surface area (Å²) in [6, 6.07) is 1.89. The van der Waals surface area contributed by atoms with Crippen LogP contribution in [0.4, 0.5) is 13.2 Å². The van der Waals surface area contributed by atoms with Crippen LogP contribution < -0.4 is 4.74 Å². The SMILES string of the molecule is Fc1cnc(Oc2cc(Br)cc(F)c2F)nc1. The summed E-state index contributed by atoms with van der Waals surface area (Å²) in [5.74, 6) is -3.28. The summed E-state index contributed by atoms with van der Waals surface area (Å²) >= 11 is 2.98. The molecular formula is C10H4BrF3N2O. The number of benzene rings is 1. The van der Waals surface area contributed by atoms with Gasteiger partial charge in [0.25, 0.3) is 0 Å². The van der Waals surface area contributed by atoms with Crippen molar-refractivity contribution in [1.82, 2.24) is 9.97 Å². The first kappa shape index (κ1) is 11.8. The van der Waals surface area contributed by atoms with E-state index >= 15 is 0 Å². The molecular weight excluding hydrogens is 301 g/mol. The van der Waals surface area contributed by atoms with Crippen molar-refractivity contribution < 1.29 is 17.9 Å². The molecule has 1 heterocycles. The molecule has 17 heavy (non-hydrogen) atoms. The zero-order valence-electron chi connectivity index (χ0n) is 8.12. The second-order valence-corrected chi connectivity index (χ2v) is 3.90. The van der Waals surface area contributed by atoms with Crippen LogP contribution in [0.3, 0.4) is 0 Å². The van der Waals surface area contributed by atoms with Crippen LogP contribution in [0.15, 0.2) is 29.0 Å². The van der Waals surface area contributed by atoms with Gasteiger partial charge >= 0.3 is 6.01 Å². The summed E-state index contributed by atoms with van der Waals surface area (Å²) in [4.78, 5) is 6.92. The molecule has 0 aliphatic carbocycles. The highest BCUT2D eigenvalue weighted by Gasteiger charge is 2.13. The van der Waals surface area contributed by atoms with Crippen molar-refractivity contribution in [1.29, 1.82) is 0 Å². The van der Waals surface area contributed by atoms with E-state index in [4.69, 9.17) is 4.74 Å². The molecule has 1 aromatic heterocycles. The first-order chi connectivity index (χ1) is 8.06. The molecule has 0 aliphatic rings. The lowest BCUT2D eigenvalue weighted by molar-refractivity contribution is 0.390. The highest BCUT2D eigenvalue weighted by Crippen LogP contribution is 2.27. The molecule has 0 unspecified atom stereocenters. The predicted molar refractivity (Wildman–Crippen MR) is 56.1 cm³/mol. The Bertz CT molecular complexity index is 548. The summed E-state index contributed by atoms with van der Waals surface area (Å²) in [7, 11) is 0. The monoisotopic (exact) mass is 304 g/mol. The van der Waals surface area contributed by atoms with E-state index in [9.17, 15) is 13.2 Å². The van der Waals surface area contributed by atoms with Crippen LogP contribution in [-0.4, -0.2) is 9.97 Å². The number of nitrogens with zero attached hydrogens (tertiary/aromatic N) is 2. The lowest BCUT2D eigenvalue weighted by Crippen LogP contribution is -1.96. The van der Waals surface area contributed by atoms with E-state index in [-0.39, 0.29) is 11.8 Å². The fourth-order valence-electron chi connectivity index (χ4n) is 1.06. The fraction of sp³-hybridized carbons (Fsp3) is 0. The maximum atomic E-state index is 13.3. The van der Waals surface area contributed by atoms with Gasteiger partial charge in [-0.25, -0.2) is 18.7 Å². The van der Waals surface area contributed by atoms with E-state index in [1.165, 1.54) is 6.07 Å². The molecule has 0 amide bonds. The van der Waals surface area contributed by atoms with Gasteiger partial charge in [-0.3, -0.25) is 0 Å². The zero-order valence-corrected chi connectivity index (χ0v) is 9.71. The van der Waals surface area contributed by atoms with Gasteiger partial charge in [0.05, 0.1) is 12.4 Å². The molecule has 0 saturated carbocycles. The molecule has 0 fully saturated rings. The van der Waals surface area contributed by atoms with Crippen molar-refractivity contribution in [2.45, 2.75) is 0 Å². The van der Waals surface area contributed by atoms with Crippen molar-refractivity contribution in [3.8, 4) is 11.8 Å². The molecule has 3 nitrogen and oxygen atoms in total. The van der Waals surface area contributed by atoms with Crippen molar-refractivity contribution in [2.75, 3.05) is 0 Å². The first-order valence-electron chi connectivity index (χ1n) is 4.36. The molecule has 88 valence electrons. The molecule has 0 aliphatic heterocycles. The molecule has 0 saturated heterocycles. The third kappa shape index (κ3) is 2.73. The number of hydrogen-bond donors (Lipinski definition) is 0. The van der Waals surface area contributed by atoms with E-state index in [0.29, 0.717) is 4.47 Å². The molecule has 0 N–H and O–H groups in total. The molecule has 0 bridgehead atoms.